The predicted octanol–water partition coefficient (Wildman–Crippen LogP) is 10.1. The number of carbonyl (C=O) groups is 2. The molecule has 0 aliphatic heterocycles. The smallest absolute Gasteiger partial charge is 0.472 e. The monoisotopic (exact) mass is 739 g/mol. The minimum atomic E-state index is -4.63. The van der Waals surface area contributed by atoms with Crippen molar-refractivity contribution in [1.29, 1.82) is 0 Å². The Labute approximate surface area is 309 Å². The SMILES string of the molecule is CC/C=C\C/C=C\C/C=C\C/C=C\CCCOCC(COP(=O)(O)OCC(N)C(=O)O)OC(=O)CCCCCCC/C=C\CCCCCCCC. The van der Waals surface area contributed by atoms with Gasteiger partial charge in [-0.3, -0.25) is 18.6 Å². The Morgan fingerprint density at radius 1 is 0.647 bits per heavy atom. The van der Waals surface area contributed by atoms with Gasteiger partial charge < -0.3 is 25.2 Å². The largest absolute Gasteiger partial charge is 0.480 e. The number of allylic oxidation sites excluding steroid dienone is 10. The Hall–Kier alpha value is -2.33. The molecule has 0 spiro atoms. The van der Waals surface area contributed by atoms with Crippen LogP contribution in [0.4, 0.5) is 0 Å². The molecule has 4 N–H and O–H groups in total. The van der Waals surface area contributed by atoms with Crippen molar-refractivity contribution in [1.82, 2.24) is 0 Å². The van der Waals surface area contributed by atoms with E-state index < -0.39 is 45.1 Å². The average Bonchev–Trinajstić information content (AvgIpc) is 3.10. The van der Waals surface area contributed by atoms with Gasteiger partial charge in [0.25, 0.3) is 0 Å². The lowest BCUT2D eigenvalue weighted by Gasteiger charge is -2.20. The zero-order chi connectivity index (χ0) is 37.7. The number of hydrogen-bond acceptors (Lipinski definition) is 8. The van der Waals surface area contributed by atoms with Gasteiger partial charge in [-0.1, -0.05) is 126 Å². The number of carboxylic acid groups (broad SMARTS) is 1. The zero-order valence-corrected chi connectivity index (χ0v) is 32.6. The molecule has 0 amide bonds. The lowest BCUT2D eigenvalue weighted by atomic mass is 10.1. The van der Waals surface area contributed by atoms with Gasteiger partial charge in [-0.15, -0.1) is 0 Å². The van der Waals surface area contributed by atoms with E-state index in [2.05, 4.69) is 79.1 Å². The van der Waals surface area contributed by atoms with Gasteiger partial charge in [0.1, 0.15) is 12.1 Å². The first-order chi connectivity index (χ1) is 24.7. The molecule has 0 bridgehead atoms. The van der Waals surface area contributed by atoms with Crippen LogP contribution in [0, 0.1) is 0 Å². The highest BCUT2D eigenvalue weighted by Crippen LogP contribution is 2.43. The molecule has 0 fully saturated rings. The summed E-state index contributed by atoms with van der Waals surface area (Å²) in [7, 11) is -4.63. The van der Waals surface area contributed by atoms with E-state index in [1.807, 2.05) is 0 Å². The Bertz CT molecular complexity index is 1040. The fraction of sp³-hybridized carbons (Fsp3) is 0.700. The van der Waals surface area contributed by atoms with Crippen LogP contribution in [0.5, 0.6) is 0 Å². The first-order valence-electron chi connectivity index (χ1n) is 19.3. The molecule has 3 atom stereocenters. The highest BCUT2D eigenvalue weighted by Gasteiger charge is 2.27. The van der Waals surface area contributed by atoms with Crippen molar-refractivity contribution in [2.45, 2.75) is 154 Å². The van der Waals surface area contributed by atoms with E-state index in [1.165, 1.54) is 44.9 Å². The molecule has 0 aliphatic carbocycles. The second kappa shape index (κ2) is 36.0. The second-order valence-electron chi connectivity index (χ2n) is 12.7. The molecule has 0 heterocycles. The number of carbonyl (C=O) groups excluding carboxylic acids is 1. The minimum Gasteiger partial charge on any atom is -0.480 e. The van der Waals surface area contributed by atoms with Crippen LogP contribution < -0.4 is 5.73 Å². The summed E-state index contributed by atoms with van der Waals surface area (Å²) in [5.41, 5.74) is 5.33. The van der Waals surface area contributed by atoms with Crippen molar-refractivity contribution in [2.24, 2.45) is 5.73 Å². The summed E-state index contributed by atoms with van der Waals surface area (Å²) < 4.78 is 33.1. The number of unbranched alkanes of at least 4 members (excludes halogenated alkanes) is 12. The molecule has 294 valence electrons. The Balaban J connectivity index is 4.42. The number of hydrogen-bond donors (Lipinski definition) is 3. The van der Waals surface area contributed by atoms with Crippen LogP contribution in [0.25, 0.3) is 0 Å². The van der Waals surface area contributed by atoms with Gasteiger partial charge in [0.15, 0.2) is 0 Å². The molecule has 0 radical (unpaired) electrons. The molecule has 3 unspecified atom stereocenters. The summed E-state index contributed by atoms with van der Waals surface area (Å²) in [6.07, 6.45) is 41.4. The van der Waals surface area contributed by atoms with Crippen molar-refractivity contribution >= 4 is 19.8 Å². The van der Waals surface area contributed by atoms with Gasteiger partial charge in [-0.2, -0.15) is 0 Å². The van der Waals surface area contributed by atoms with Crippen molar-refractivity contribution in [2.75, 3.05) is 26.4 Å². The third-order valence-corrected chi connectivity index (χ3v) is 8.73. The van der Waals surface area contributed by atoms with Gasteiger partial charge in [0.05, 0.1) is 19.8 Å². The van der Waals surface area contributed by atoms with Gasteiger partial charge in [0.2, 0.25) is 0 Å². The van der Waals surface area contributed by atoms with E-state index in [1.54, 1.807) is 0 Å². The summed E-state index contributed by atoms with van der Waals surface area (Å²) >= 11 is 0. The van der Waals surface area contributed by atoms with Gasteiger partial charge in [-0.05, 0) is 70.6 Å². The Morgan fingerprint density at radius 3 is 1.73 bits per heavy atom. The maximum atomic E-state index is 12.6. The number of aliphatic carboxylic acids is 1. The predicted molar refractivity (Wildman–Crippen MR) is 207 cm³/mol. The minimum absolute atomic E-state index is 0.0268. The normalized spacial score (nSPS) is 14.7. The third-order valence-electron chi connectivity index (χ3n) is 7.78. The molecule has 0 aliphatic rings. The molecule has 0 aromatic carbocycles. The summed E-state index contributed by atoms with van der Waals surface area (Å²) in [5.74, 6) is -1.82. The molecule has 0 saturated heterocycles. The molecule has 0 rings (SSSR count). The number of phosphoric ester groups is 1. The van der Waals surface area contributed by atoms with Crippen LogP contribution >= 0.6 is 7.82 Å². The fourth-order valence-corrected chi connectivity index (χ4v) is 5.56. The van der Waals surface area contributed by atoms with Gasteiger partial charge >= 0.3 is 19.8 Å². The molecule has 0 aromatic rings. The maximum absolute atomic E-state index is 12.6. The van der Waals surface area contributed by atoms with E-state index in [4.69, 9.17) is 24.8 Å². The molecule has 11 heteroatoms. The van der Waals surface area contributed by atoms with Crippen LogP contribution in [0.3, 0.4) is 0 Å². The molecule has 0 saturated carbocycles. The Kier molecular flexibility index (Phi) is 34.4. The van der Waals surface area contributed by atoms with E-state index >= 15 is 0 Å². The van der Waals surface area contributed by atoms with Crippen LogP contribution in [0.15, 0.2) is 60.8 Å². The fourth-order valence-electron chi connectivity index (χ4n) is 4.78. The number of esters is 1. The van der Waals surface area contributed by atoms with Gasteiger partial charge in [-0.25, -0.2) is 4.57 Å². The molecular formula is C40H70NO9P. The number of rotatable bonds is 36. The summed E-state index contributed by atoms with van der Waals surface area (Å²) in [4.78, 5) is 33.4. The molecular weight excluding hydrogens is 669 g/mol. The number of carboxylic acids is 1. The van der Waals surface area contributed by atoms with Crippen LogP contribution in [0.1, 0.15) is 142 Å². The molecule has 51 heavy (non-hydrogen) atoms. The topological polar surface area (TPSA) is 155 Å². The summed E-state index contributed by atoms with van der Waals surface area (Å²) in [6, 6.07) is -1.48. The highest BCUT2D eigenvalue weighted by atomic mass is 31.2. The Morgan fingerprint density at radius 2 is 1.14 bits per heavy atom. The third kappa shape index (κ3) is 35.8. The lowest BCUT2D eigenvalue weighted by Crippen LogP contribution is -2.34. The van der Waals surface area contributed by atoms with E-state index in [0.717, 1.165) is 70.6 Å². The second-order valence-corrected chi connectivity index (χ2v) is 14.1. The van der Waals surface area contributed by atoms with Crippen LogP contribution in [-0.2, 0) is 32.7 Å². The van der Waals surface area contributed by atoms with Crippen molar-refractivity contribution in [3.63, 3.8) is 0 Å². The molecule has 10 nitrogen and oxygen atoms in total. The quantitative estimate of drug-likeness (QED) is 0.0245. The van der Waals surface area contributed by atoms with E-state index in [-0.39, 0.29) is 13.0 Å². The maximum Gasteiger partial charge on any atom is 0.472 e. The molecule has 0 aromatic heterocycles. The number of nitrogens with two attached hydrogens (primary N) is 1. The number of ether oxygens (including phenoxy) is 2. The first kappa shape index (κ1) is 48.7. The van der Waals surface area contributed by atoms with Crippen molar-refractivity contribution in [3.8, 4) is 0 Å². The summed E-state index contributed by atoms with van der Waals surface area (Å²) in [6.45, 7) is 3.58. The van der Waals surface area contributed by atoms with E-state index in [0.29, 0.717) is 13.0 Å². The van der Waals surface area contributed by atoms with Crippen LogP contribution in [-0.4, -0.2) is 60.5 Å². The standard InChI is InChI=1S/C40H70NO9P/c1-3-5-7-9-11-13-15-17-19-20-22-24-26-28-30-32-39(42)50-37(35-48-51(45,46)49-36-38(41)40(43)44)34-47-33-31-29-27-25-23-21-18-16-14-12-10-8-6-4-2/h6,8,12,14,17-19,21,25,27,37-38H,3-5,7,9-11,13,15-16,20,22-24,26,28-36,41H2,1-2H3,(H,43,44)(H,45,46)/b8-6-,14-12-,19-17-,21-18-,27-25-. The lowest BCUT2D eigenvalue weighted by molar-refractivity contribution is -0.154. The van der Waals surface area contributed by atoms with Crippen LogP contribution in [0.2, 0.25) is 0 Å². The van der Waals surface area contributed by atoms with Crippen molar-refractivity contribution < 1.29 is 42.7 Å². The average molecular weight is 740 g/mol. The highest BCUT2D eigenvalue weighted by molar-refractivity contribution is 7.47. The zero-order valence-electron chi connectivity index (χ0n) is 31.7. The van der Waals surface area contributed by atoms with E-state index in [9.17, 15) is 19.0 Å². The summed E-state index contributed by atoms with van der Waals surface area (Å²) in [5, 5.41) is 8.87. The first-order valence-corrected chi connectivity index (χ1v) is 20.8. The van der Waals surface area contributed by atoms with Gasteiger partial charge in [0, 0.05) is 13.0 Å². The van der Waals surface area contributed by atoms with Crippen molar-refractivity contribution in [3.05, 3.63) is 60.8 Å². The number of phosphoric acid groups is 1.